The van der Waals surface area contributed by atoms with Gasteiger partial charge in [0.25, 0.3) is 0 Å². The van der Waals surface area contributed by atoms with Gasteiger partial charge in [-0.1, -0.05) is 30.3 Å². The summed E-state index contributed by atoms with van der Waals surface area (Å²) in [6.45, 7) is 3.51. The summed E-state index contributed by atoms with van der Waals surface area (Å²) in [7, 11) is 1.67. The Morgan fingerprint density at radius 1 is 1.27 bits per heavy atom. The average Bonchev–Trinajstić information content (AvgIpc) is 3.02. The maximum atomic E-state index is 12.3. The van der Waals surface area contributed by atoms with Crippen LogP contribution in [0.15, 0.2) is 36.4 Å². The molecule has 2 rings (SSSR count). The van der Waals surface area contributed by atoms with E-state index in [1.54, 1.807) is 14.0 Å². The molecule has 26 heavy (non-hydrogen) atoms. The molecule has 0 unspecified atom stereocenters. The van der Waals surface area contributed by atoms with E-state index in [1.807, 2.05) is 24.3 Å². The molecule has 0 aliphatic heterocycles. The Kier molecular flexibility index (Phi) is 8.53. The van der Waals surface area contributed by atoms with Crippen LogP contribution in [0.4, 0.5) is 5.00 Å². The number of carbonyl (C=O) groups is 1. The number of rotatable bonds is 9. The first kappa shape index (κ1) is 20.4. The first-order valence-corrected chi connectivity index (χ1v) is 9.74. The molecular weight excluding hydrogens is 368 g/mol. The number of ether oxygens (including phenoxy) is 2. The van der Waals surface area contributed by atoms with Gasteiger partial charge in [0.2, 0.25) is 0 Å². The fourth-order valence-electron chi connectivity index (χ4n) is 2.35. The molecule has 1 aromatic heterocycles. The first-order chi connectivity index (χ1) is 12.6. The smallest absolute Gasteiger partial charge is 0.341 e. The summed E-state index contributed by atoms with van der Waals surface area (Å²) in [6.07, 6.45) is 1.61. The van der Waals surface area contributed by atoms with Gasteiger partial charge in [-0.05, 0) is 37.2 Å². The van der Waals surface area contributed by atoms with E-state index < -0.39 is 0 Å². The third kappa shape index (κ3) is 6.40. The molecule has 0 aliphatic rings. The highest BCUT2D eigenvalue weighted by Crippen LogP contribution is 2.30. The zero-order chi connectivity index (χ0) is 18.8. The molecule has 0 saturated heterocycles. The van der Waals surface area contributed by atoms with E-state index in [4.69, 9.17) is 21.7 Å². The second kappa shape index (κ2) is 10.9. The van der Waals surface area contributed by atoms with Crippen LogP contribution >= 0.6 is 23.6 Å². The van der Waals surface area contributed by atoms with Crippen molar-refractivity contribution in [2.24, 2.45) is 0 Å². The minimum Gasteiger partial charge on any atom is -0.462 e. The van der Waals surface area contributed by atoms with Gasteiger partial charge in [-0.25, -0.2) is 4.79 Å². The van der Waals surface area contributed by atoms with Gasteiger partial charge in [0.1, 0.15) is 5.00 Å². The van der Waals surface area contributed by atoms with Crippen LogP contribution in [0.25, 0.3) is 0 Å². The van der Waals surface area contributed by atoms with Crippen LogP contribution in [0.3, 0.4) is 0 Å². The van der Waals surface area contributed by atoms with E-state index in [0.29, 0.717) is 35.4 Å². The highest BCUT2D eigenvalue weighted by molar-refractivity contribution is 7.80. The molecule has 0 fully saturated rings. The lowest BCUT2D eigenvalue weighted by Gasteiger charge is -2.10. The van der Waals surface area contributed by atoms with E-state index in [9.17, 15) is 4.79 Å². The number of hydrogen-bond acceptors (Lipinski definition) is 5. The van der Waals surface area contributed by atoms with Gasteiger partial charge in [0, 0.05) is 31.6 Å². The topological polar surface area (TPSA) is 59.6 Å². The summed E-state index contributed by atoms with van der Waals surface area (Å²) in [5.74, 6) is -0.340. The number of carbonyl (C=O) groups excluding carboxylic acids is 1. The molecule has 0 saturated carbocycles. The molecule has 7 heteroatoms. The number of thiophene rings is 1. The largest absolute Gasteiger partial charge is 0.462 e. The monoisotopic (exact) mass is 392 g/mol. The lowest BCUT2D eigenvalue weighted by molar-refractivity contribution is 0.0528. The van der Waals surface area contributed by atoms with Crippen LogP contribution < -0.4 is 10.6 Å². The molecule has 5 nitrogen and oxygen atoms in total. The summed E-state index contributed by atoms with van der Waals surface area (Å²) >= 11 is 6.84. The zero-order valence-electron chi connectivity index (χ0n) is 15.0. The predicted octanol–water partition coefficient (Wildman–Crippen LogP) is 3.84. The van der Waals surface area contributed by atoms with E-state index in [-0.39, 0.29) is 5.97 Å². The molecule has 1 heterocycles. The van der Waals surface area contributed by atoms with Gasteiger partial charge in [-0.2, -0.15) is 0 Å². The minimum atomic E-state index is -0.340. The third-order valence-corrected chi connectivity index (χ3v) is 4.83. The van der Waals surface area contributed by atoms with Gasteiger partial charge in [0.05, 0.1) is 12.2 Å². The number of methoxy groups -OCH3 is 1. The summed E-state index contributed by atoms with van der Waals surface area (Å²) in [5.41, 5.74) is 1.71. The van der Waals surface area contributed by atoms with Crippen molar-refractivity contribution in [3.05, 3.63) is 52.4 Å². The zero-order valence-corrected chi connectivity index (χ0v) is 16.7. The third-order valence-electron chi connectivity index (χ3n) is 3.54. The Hall–Kier alpha value is -1.96. The molecule has 0 spiro atoms. The summed E-state index contributed by atoms with van der Waals surface area (Å²) < 4.78 is 10.2. The summed E-state index contributed by atoms with van der Waals surface area (Å²) in [6, 6.07) is 12.0. The minimum absolute atomic E-state index is 0.335. The number of esters is 1. The van der Waals surface area contributed by atoms with Crippen LogP contribution in [-0.2, 0) is 15.9 Å². The van der Waals surface area contributed by atoms with Gasteiger partial charge in [-0.3, -0.25) is 0 Å². The normalized spacial score (nSPS) is 10.4. The van der Waals surface area contributed by atoms with Crippen molar-refractivity contribution in [2.75, 3.05) is 32.2 Å². The van der Waals surface area contributed by atoms with Crippen LogP contribution in [-0.4, -0.2) is 38.0 Å². The second-order valence-corrected chi connectivity index (χ2v) is 7.11. The Labute approximate surface area is 163 Å². The van der Waals surface area contributed by atoms with Crippen molar-refractivity contribution in [1.82, 2.24) is 5.32 Å². The highest BCUT2D eigenvalue weighted by atomic mass is 32.1. The quantitative estimate of drug-likeness (QED) is 0.384. The molecule has 2 aromatic rings. The Morgan fingerprint density at radius 2 is 2.04 bits per heavy atom. The van der Waals surface area contributed by atoms with Crippen LogP contribution in [0, 0.1) is 0 Å². The van der Waals surface area contributed by atoms with Gasteiger partial charge in [0.15, 0.2) is 5.11 Å². The van der Waals surface area contributed by atoms with Crippen LogP contribution in [0.2, 0.25) is 0 Å². The van der Waals surface area contributed by atoms with Crippen molar-refractivity contribution >= 4 is 39.6 Å². The first-order valence-electron chi connectivity index (χ1n) is 8.51. The molecule has 0 radical (unpaired) electrons. The maximum absolute atomic E-state index is 12.3. The van der Waals surface area contributed by atoms with E-state index in [1.165, 1.54) is 16.9 Å². The molecule has 0 aliphatic carbocycles. The number of thiocarbonyl (C=S) groups is 1. The summed E-state index contributed by atoms with van der Waals surface area (Å²) in [5, 5.41) is 7.44. The SMILES string of the molecule is CCOC(=O)c1cc(Cc2ccccc2)sc1NC(=S)NCCCOC. The van der Waals surface area contributed by atoms with Crippen molar-refractivity contribution in [1.29, 1.82) is 0 Å². The molecule has 0 bridgehead atoms. The fraction of sp³-hybridized carbons (Fsp3) is 0.368. The Morgan fingerprint density at radius 3 is 2.73 bits per heavy atom. The molecule has 2 N–H and O–H groups in total. The van der Waals surface area contributed by atoms with Crippen molar-refractivity contribution in [3.63, 3.8) is 0 Å². The number of hydrogen-bond donors (Lipinski definition) is 2. The summed E-state index contributed by atoms with van der Waals surface area (Å²) in [4.78, 5) is 13.3. The number of nitrogens with one attached hydrogen (secondary N) is 2. The van der Waals surface area contributed by atoms with Crippen LogP contribution in [0.5, 0.6) is 0 Å². The predicted molar refractivity (Wildman–Crippen MR) is 110 cm³/mol. The lowest BCUT2D eigenvalue weighted by atomic mass is 10.1. The molecule has 0 amide bonds. The van der Waals surface area contributed by atoms with Crippen molar-refractivity contribution in [2.45, 2.75) is 19.8 Å². The number of anilines is 1. The molecule has 0 atom stereocenters. The standard InChI is InChI=1S/C19H24N2O3S2/c1-3-24-18(22)16-13-15(12-14-8-5-4-6-9-14)26-17(16)21-19(25)20-10-7-11-23-2/h4-6,8-9,13H,3,7,10-12H2,1-2H3,(H2,20,21,25). The van der Waals surface area contributed by atoms with E-state index in [0.717, 1.165) is 17.7 Å². The van der Waals surface area contributed by atoms with Crippen LogP contribution in [0.1, 0.15) is 34.1 Å². The van der Waals surface area contributed by atoms with E-state index in [2.05, 4.69) is 22.8 Å². The van der Waals surface area contributed by atoms with E-state index >= 15 is 0 Å². The average molecular weight is 393 g/mol. The molecule has 1 aromatic carbocycles. The Balaban J connectivity index is 2.09. The maximum Gasteiger partial charge on any atom is 0.341 e. The fourth-order valence-corrected chi connectivity index (χ4v) is 3.70. The lowest BCUT2D eigenvalue weighted by Crippen LogP contribution is -2.30. The van der Waals surface area contributed by atoms with Gasteiger partial charge >= 0.3 is 5.97 Å². The van der Waals surface area contributed by atoms with Crippen molar-refractivity contribution < 1.29 is 14.3 Å². The Bertz CT molecular complexity index is 717. The highest BCUT2D eigenvalue weighted by Gasteiger charge is 2.18. The number of benzene rings is 1. The molecule has 140 valence electrons. The molecular formula is C19H24N2O3S2. The van der Waals surface area contributed by atoms with Crippen molar-refractivity contribution in [3.8, 4) is 0 Å². The van der Waals surface area contributed by atoms with Gasteiger partial charge in [-0.15, -0.1) is 11.3 Å². The van der Waals surface area contributed by atoms with Gasteiger partial charge < -0.3 is 20.1 Å². The second-order valence-electron chi connectivity index (χ2n) is 5.57.